The van der Waals surface area contributed by atoms with E-state index in [4.69, 9.17) is 17.3 Å². The third kappa shape index (κ3) is 2.97. The summed E-state index contributed by atoms with van der Waals surface area (Å²) in [5.41, 5.74) is 7.31. The Labute approximate surface area is 106 Å². The molecule has 1 amide bonds. The summed E-state index contributed by atoms with van der Waals surface area (Å²) in [4.78, 5) is 13.8. The Hall–Kier alpha value is -1.10. The highest BCUT2D eigenvalue weighted by Gasteiger charge is 2.24. The number of benzene rings is 1. The molecule has 0 saturated carbocycles. The van der Waals surface area contributed by atoms with Crippen LogP contribution in [0.15, 0.2) is 18.2 Å². The number of amides is 1. The first kappa shape index (κ1) is 12.4. The van der Waals surface area contributed by atoms with Crippen molar-refractivity contribution >= 4 is 23.2 Å². The Bertz CT molecular complexity index is 430. The number of rotatable bonds is 3. The van der Waals surface area contributed by atoms with E-state index in [1.807, 2.05) is 24.0 Å². The molecule has 0 aromatic heterocycles. The number of anilines is 1. The third-order valence-corrected chi connectivity index (χ3v) is 3.30. The van der Waals surface area contributed by atoms with Gasteiger partial charge in [0.25, 0.3) is 0 Å². The van der Waals surface area contributed by atoms with Crippen LogP contribution in [0.4, 0.5) is 5.69 Å². The van der Waals surface area contributed by atoms with Crippen molar-refractivity contribution in [2.75, 3.05) is 25.0 Å². The van der Waals surface area contributed by atoms with E-state index in [0.717, 1.165) is 24.3 Å². The maximum atomic E-state index is 11.7. The number of carbonyl (C=O) groups is 1. The summed E-state index contributed by atoms with van der Waals surface area (Å²) in [6, 6.07) is 5.70. The molecule has 0 radical (unpaired) electrons. The van der Waals surface area contributed by atoms with E-state index < -0.39 is 0 Å². The van der Waals surface area contributed by atoms with Crippen molar-refractivity contribution in [3.63, 3.8) is 0 Å². The fourth-order valence-electron chi connectivity index (χ4n) is 1.87. The number of carbonyl (C=O) groups excluding carboxylic acids is 1. The summed E-state index contributed by atoms with van der Waals surface area (Å²) in [5.74, 6) is -0.0257. The van der Waals surface area contributed by atoms with Gasteiger partial charge >= 0.3 is 0 Å². The molecule has 92 valence electrons. The average Bonchev–Trinajstić information content (AvgIpc) is 2.23. The molecule has 0 aliphatic carbocycles. The lowest BCUT2D eigenvalue weighted by Gasteiger charge is -2.36. The van der Waals surface area contributed by atoms with Crippen LogP contribution in [0.5, 0.6) is 0 Å². The van der Waals surface area contributed by atoms with Crippen molar-refractivity contribution in [3.8, 4) is 0 Å². The van der Waals surface area contributed by atoms with Crippen molar-refractivity contribution in [2.24, 2.45) is 5.73 Å². The minimum Gasteiger partial charge on any atom is -0.325 e. The Balaban J connectivity index is 1.92. The molecule has 3 N–H and O–H groups in total. The summed E-state index contributed by atoms with van der Waals surface area (Å²) in [6.45, 7) is 3.86. The predicted octanol–water partition coefficient (Wildman–Crippen LogP) is 1.23. The molecule has 0 bridgehead atoms. The van der Waals surface area contributed by atoms with Gasteiger partial charge in [-0.15, -0.1) is 0 Å². The second-order valence-corrected chi connectivity index (χ2v) is 4.82. The minimum atomic E-state index is -0.0257. The first-order chi connectivity index (χ1) is 8.06. The summed E-state index contributed by atoms with van der Waals surface area (Å²) in [7, 11) is 0. The zero-order valence-corrected chi connectivity index (χ0v) is 10.5. The van der Waals surface area contributed by atoms with Gasteiger partial charge in [-0.3, -0.25) is 9.69 Å². The fraction of sp³-hybridized carbons (Fsp3) is 0.417. The lowest BCUT2D eigenvalue weighted by Crippen LogP contribution is -2.57. The molecule has 1 aromatic carbocycles. The minimum absolute atomic E-state index is 0.0257. The Morgan fingerprint density at radius 3 is 2.94 bits per heavy atom. The molecule has 1 aliphatic heterocycles. The molecule has 17 heavy (non-hydrogen) atoms. The molecular formula is C12H16ClN3O. The summed E-state index contributed by atoms with van der Waals surface area (Å²) >= 11 is 5.98. The lowest BCUT2D eigenvalue weighted by molar-refractivity contribution is -0.118. The topological polar surface area (TPSA) is 58.4 Å². The smallest absolute Gasteiger partial charge is 0.238 e. The maximum Gasteiger partial charge on any atom is 0.238 e. The SMILES string of the molecule is Cc1c(Cl)cccc1NC(=O)CN1CC(N)C1. The van der Waals surface area contributed by atoms with Crippen molar-refractivity contribution in [3.05, 3.63) is 28.8 Å². The van der Waals surface area contributed by atoms with Gasteiger partial charge in [0.2, 0.25) is 5.91 Å². The van der Waals surface area contributed by atoms with Crippen LogP contribution in [0.2, 0.25) is 5.02 Å². The van der Waals surface area contributed by atoms with Crippen LogP contribution in [-0.4, -0.2) is 36.5 Å². The summed E-state index contributed by atoms with van der Waals surface area (Å²) in [5, 5.41) is 3.52. The second kappa shape index (κ2) is 5.04. The molecule has 2 rings (SSSR count). The molecule has 1 saturated heterocycles. The number of nitrogens with one attached hydrogen (secondary N) is 1. The fourth-order valence-corrected chi connectivity index (χ4v) is 2.05. The Morgan fingerprint density at radius 2 is 2.29 bits per heavy atom. The van der Waals surface area contributed by atoms with Gasteiger partial charge in [0, 0.05) is 29.8 Å². The Morgan fingerprint density at radius 1 is 1.59 bits per heavy atom. The van der Waals surface area contributed by atoms with E-state index in [9.17, 15) is 4.79 Å². The third-order valence-electron chi connectivity index (χ3n) is 2.89. The van der Waals surface area contributed by atoms with Crippen LogP contribution < -0.4 is 11.1 Å². The highest BCUT2D eigenvalue weighted by molar-refractivity contribution is 6.31. The number of nitrogens with two attached hydrogens (primary N) is 1. The van der Waals surface area contributed by atoms with Crippen molar-refractivity contribution < 1.29 is 4.79 Å². The van der Waals surface area contributed by atoms with Crippen LogP contribution in [0.3, 0.4) is 0 Å². The molecule has 1 fully saturated rings. The predicted molar refractivity (Wildman–Crippen MR) is 69.2 cm³/mol. The van der Waals surface area contributed by atoms with E-state index in [-0.39, 0.29) is 11.9 Å². The molecule has 1 aliphatic rings. The lowest BCUT2D eigenvalue weighted by atomic mass is 10.1. The molecule has 0 spiro atoms. The van der Waals surface area contributed by atoms with Gasteiger partial charge in [-0.2, -0.15) is 0 Å². The van der Waals surface area contributed by atoms with Crippen LogP contribution in [-0.2, 0) is 4.79 Å². The van der Waals surface area contributed by atoms with E-state index in [1.165, 1.54) is 0 Å². The summed E-state index contributed by atoms with van der Waals surface area (Å²) < 4.78 is 0. The van der Waals surface area contributed by atoms with Gasteiger partial charge in [-0.25, -0.2) is 0 Å². The van der Waals surface area contributed by atoms with E-state index in [1.54, 1.807) is 6.07 Å². The molecule has 1 aromatic rings. The van der Waals surface area contributed by atoms with Crippen molar-refractivity contribution in [1.82, 2.24) is 4.90 Å². The molecule has 1 heterocycles. The van der Waals surface area contributed by atoms with E-state index in [0.29, 0.717) is 11.6 Å². The number of nitrogens with zero attached hydrogens (tertiary/aromatic N) is 1. The number of halogens is 1. The van der Waals surface area contributed by atoms with Crippen LogP contribution >= 0.6 is 11.6 Å². The van der Waals surface area contributed by atoms with Gasteiger partial charge in [-0.05, 0) is 24.6 Å². The van der Waals surface area contributed by atoms with Gasteiger partial charge in [-0.1, -0.05) is 17.7 Å². The molecule has 0 unspecified atom stereocenters. The van der Waals surface area contributed by atoms with Gasteiger partial charge in [0.15, 0.2) is 0 Å². The first-order valence-electron chi connectivity index (χ1n) is 5.59. The normalized spacial score (nSPS) is 16.6. The number of hydrogen-bond acceptors (Lipinski definition) is 3. The molecular weight excluding hydrogens is 238 g/mol. The highest BCUT2D eigenvalue weighted by Crippen LogP contribution is 2.22. The van der Waals surface area contributed by atoms with Crippen LogP contribution in [0.1, 0.15) is 5.56 Å². The van der Waals surface area contributed by atoms with Gasteiger partial charge in [0.1, 0.15) is 0 Å². The van der Waals surface area contributed by atoms with E-state index in [2.05, 4.69) is 5.32 Å². The maximum absolute atomic E-state index is 11.7. The first-order valence-corrected chi connectivity index (χ1v) is 5.97. The standard InChI is InChI=1S/C12H16ClN3O/c1-8-10(13)3-2-4-11(8)15-12(17)7-16-5-9(14)6-16/h2-4,9H,5-7,14H2,1H3,(H,15,17). The van der Waals surface area contributed by atoms with Crippen molar-refractivity contribution in [1.29, 1.82) is 0 Å². The monoisotopic (exact) mass is 253 g/mol. The summed E-state index contributed by atoms with van der Waals surface area (Å²) in [6.07, 6.45) is 0. The zero-order chi connectivity index (χ0) is 12.4. The molecule has 5 heteroatoms. The van der Waals surface area contributed by atoms with E-state index >= 15 is 0 Å². The Kier molecular flexibility index (Phi) is 3.66. The molecule has 4 nitrogen and oxygen atoms in total. The average molecular weight is 254 g/mol. The number of likely N-dealkylation sites (tertiary alicyclic amines) is 1. The second-order valence-electron chi connectivity index (χ2n) is 4.41. The van der Waals surface area contributed by atoms with Crippen molar-refractivity contribution in [2.45, 2.75) is 13.0 Å². The quantitative estimate of drug-likeness (QED) is 0.852. The van der Waals surface area contributed by atoms with Crippen LogP contribution in [0, 0.1) is 6.92 Å². The van der Waals surface area contributed by atoms with Crippen LogP contribution in [0.25, 0.3) is 0 Å². The van der Waals surface area contributed by atoms with Gasteiger partial charge in [0.05, 0.1) is 6.54 Å². The molecule has 0 atom stereocenters. The zero-order valence-electron chi connectivity index (χ0n) is 9.74. The number of hydrogen-bond donors (Lipinski definition) is 2. The van der Waals surface area contributed by atoms with Gasteiger partial charge < -0.3 is 11.1 Å². The largest absolute Gasteiger partial charge is 0.325 e. The highest BCUT2D eigenvalue weighted by atomic mass is 35.5.